The van der Waals surface area contributed by atoms with Crippen LogP contribution in [0.1, 0.15) is 77.6 Å². The Morgan fingerprint density at radius 2 is 1.25 bits per heavy atom. The van der Waals surface area contributed by atoms with Gasteiger partial charge in [-0.05, 0) is 100 Å². The van der Waals surface area contributed by atoms with Crippen LogP contribution >= 0.6 is 0 Å². The molecule has 2 aliphatic rings. The van der Waals surface area contributed by atoms with Crippen molar-refractivity contribution in [3.63, 3.8) is 0 Å². The molecule has 2 saturated carbocycles. The van der Waals surface area contributed by atoms with Crippen molar-refractivity contribution in [2.45, 2.75) is 77.6 Å². The minimum absolute atomic E-state index is 0.462. The first-order valence-corrected chi connectivity index (χ1v) is 10.0. The lowest BCUT2D eigenvalue weighted by Crippen LogP contribution is -2.25. The first kappa shape index (κ1) is 19.4. The lowest BCUT2D eigenvalue weighted by atomic mass is 9.69. The second-order valence-corrected chi connectivity index (χ2v) is 7.69. The van der Waals surface area contributed by atoms with Crippen LogP contribution in [-0.4, -0.2) is 0 Å². The smallest absolute Gasteiger partial charge is 0.174 e. The normalized spacial score (nSPS) is 31.6. The number of rotatable bonds is 7. The molecule has 0 spiro atoms. The quantitative estimate of drug-likeness (QED) is 0.330. The van der Waals surface area contributed by atoms with E-state index in [2.05, 4.69) is 31.2 Å². The SMILES string of the molecule is CC/C=C/C1CCC(C2CCC(/C=C/CCC=C(F)F)CC2)CC1. The zero-order valence-electron chi connectivity index (χ0n) is 15.2. The predicted octanol–water partition coefficient (Wildman–Crippen LogP) is 7.68. The monoisotopic (exact) mass is 336 g/mol. The van der Waals surface area contributed by atoms with Gasteiger partial charge in [-0.25, -0.2) is 0 Å². The standard InChI is InChI=1S/C22H34F2/c1-2-3-7-18-10-14-20(15-11-18)21-16-12-19(13-17-21)8-5-4-6-9-22(23)24/h3,5,7-9,18-21H,2,4,6,10-17H2,1H3/b7-3+,8-5+. The van der Waals surface area contributed by atoms with Gasteiger partial charge >= 0.3 is 0 Å². The summed E-state index contributed by atoms with van der Waals surface area (Å²) in [5, 5.41) is 0. The molecule has 2 aliphatic carbocycles. The molecule has 0 atom stereocenters. The lowest BCUT2D eigenvalue weighted by Gasteiger charge is -2.37. The van der Waals surface area contributed by atoms with Gasteiger partial charge in [-0.3, -0.25) is 0 Å². The van der Waals surface area contributed by atoms with Crippen LogP contribution in [-0.2, 0) is 0 Å². The van der Waals surface area contributed by atoms with Crippen molar-refractivity contribution in [1.82, 2.24) is 0 Å². The Bertz CT molecular complexity index is 415. The van der Waals surface area contributed by atoms with Crippen molar-refractivity contribution in [2.75, 3.05) is 0 Å². The minimum Gasteiger partial charge on any atom is -0.174 e. The molecule has 0 heterocycles. The molecule has 2 rings (SSSR count). The van der Waals surface area contributed by atoms with Gasteiger partial charge in [-0.2, -0.15) is 8.78 Å². The molecule has 0 radical (unpaired) electrons. The van der Waals surface area contributed by atoms with Crippen LogP contribution in [0.3, 0.4) is 0 Å². The highest BCUT2D eigenvalue weighted by atomic mass is 19.3. The predicted molar refractivity (Wildman–Crippen MR) is 99.0 cm³/mol. The fourth-order valence-electron chi connectivity index (χ4n) is 4.52. The Balaban J connectivity index is 1.63. The average molecular weight is 337 g/mol. The number of halogens is 2. The van der Waals surface area contributed by atoms with E-state index < -0.39 is 6.08 Å². The van der Waals surface area contributed by atoms with Crippen molar-refractivity contribution in [2.24, 2.45) is 23.7 Å². The van der Waals surface area contributed by atoms with Gasteiger partial charge in [0.05, 0.1) is 0 Å². The summed E-state index contributed by atoms with van der Waals surface area (Å²) in [5.41, 5.74) is 0. The number of hydrogen-bond donors (Lipinski definition) is 0. The summed E-state index contributed by atoms with van der Waals surface area (Å²) in [4.78, 5) is 0. The highest BCUT2D eigenvalue weighted by Crippen LogP contribution is 2.41. The third-order valence-corrected chi connectivity index (χ3v) is 5.98. The highest BCUT2D eigenvalue weighted by Gasteiger charge is 2.29. The minimum atomic E-state index is -1.55. The van der Waals surface area contributed by atoms with Gasteiger partial charge < -0.3 is 0 Å². The molecule has 24 heavy (non-hydrogen) atoms. The second-order valence-electron chi connectivity index (χ2n) is 7.69. The van der Waals surface area contributed by atoms with Crippen molar-refractivity contribution in [1.29, 1.82) is 0 Å². The molecule has 136 valence electrons. The molecule has 0 nitrogen and oxygen atoms in total. The van der Waals surface area contributed by atoms with Gasteiger partial charge in [0.1, 0.15) is 0 Å². The van der Waals surface area contributed by atoms with E-state index in [0.717, 1.165) is 36.7 Å². The molecule has 0 aromatic heterocycles. The maximum absolute atomic E-state index is 12.0. The Morgan fingerprint density at radius 1 is 0.750 bits per heavy atom. The molecule has 0 aromatic rings. The van der Waals surface area contributed by atoms with Gasteiger partial charge in [0.25, 0.3) is 6.08 Å². The van der Waals surface area contributed by atoms with E-state index in [1.807, 2.05) is 0 Å². The van der Waals surface area contributed by atoms with Crippen LogP contribution in [0.5, 0.6) is 0 Å². The van der Waals surface area contributed by atoms with Crippen LogP contribution in [0, 0.1) is 23.7 Å². The van der Waals surface area contributed by atoms with E-state index in [-0.39, 0.29) is 0 Å². The summed E-state index contributed by atoms with van der Waals surface area (Å²) in [6.07, 6.45) is 22.0. The second kappa shape index (κ2) is 10.8. The summed E-state index contributed by atoms with van der Waals surface area (Å²) in [5.74, 6) is 3.42. The molecule has 0 N–H and O–H groups in total. The van der Waals surface area contributed by atoms with Crippen molar-refractivity contribution in [3.05, 3.63) is 36.5 Å². The third-order valence-electron chi connectivity index (χ3n) is 5.98. The fourth-order valence-corrected chi connectivity index (χ4v) is 4.52. The maximum Gasteiger partial charge on any atom is 0.266 e. The molecular formula is C22H34F2. The lowest BCUT2D eigenvalue weighted by molar-refractivity contribution is 0.166. The van der Waals surface area contributed by atoms with Gasteiger partial charge in [-0.1, -0.05) is 31.2 Å². The summed E-state index contributed by atoms with van der Waals surface area (Å²) in [7, 11) is 0. The first-order valence-electron chi connectivity index (χ1n) is 10.0. The van der Waals surface area contributed by atoms with Gasteiger partial charge in [0, 0.05) is 0 Å². The van der Waals surface area contributed by atoms with Crippen LogP contribution < -0.4 is 0 Å². The molecule has 0 aromatic carbocycles. The van der Waals surface area contributed by atoms with Crippen LogP contribution in [0.25, 0.3) is 0 Å². The molecule has 0 bridgehead atoms. The first-order chi connectivity index (χ1) is 11.7. The summed E-state index contributed by atoms with van der Waals surface area (Å²) < 4.78 is 23.9. The van der Waals surface area contributed by atoms with Crippen molar-refractivity contribution < 1.29 is 8.78 Å². The third kappa shape index (κ3) is 6.91. The van der Waals surface area contributed by atoms with Gasteiger partial charge in [0.15, 0.2) is 0 Å². The Morgan fingerprint density at radius 3 is 1.71 bits per heavy atom. The molecule has 0 aliphatic heterocycles. The van der Waals surface area contributed by atoms with E-state index in [1.54, 1.807) is 0 Å². The van der Waals surface area contributed by atoms with Crippen LogP contribution in [0.15, 0.2) is 36.5 Å². The summed E-state index contributed by atoms with van der Waals surface area (Å²) in [6.45, 7) is 2.21. The molecule has 0 amide bonds. The zero-order valence-corrected chi connectivity index (χ0v) is 15.2. The van der Waals surface area contributed by atoms with Crippen molar-refractivity contribution >= 4 is 0 Å². The molecule has 0 saturated heterocycles. The van der Waals surface area contributed by atoms with E-state index in [0.29, 0.717) is 12.3 Å². The Hall–Kier alpha value is -0.920. The van der Waals surface area contributed by atoms with Crippen molar-refractivity contribution in [3.8, 4) is 0 Å². The zero-order chi connectivity index (χ0) is 17.2. The van der Waals surface area contributed by atoms with Gasteiger partial charge in [-0.15, -0.1) is 0 Å². The number of allylic oxidation sites excluding steroid dienone is 5. The van der Waals surface area contributed by atoms with Crippen LogP contribution in [0.4, 0.5) is 8.78 Å². The summed E-state index contributed by atoms with van der Waals surface area (Å²) >= 11 is 0. The van der Waals surface area contributed by atoms with E-state index in [9.17, 15) is 8.78 Å². The maximum atomic E-state index is 12.0. The molecule has 0 unspecified atom stereocenters. The Labute approximate surface area is 147 Å². The average Bonchev–Trinajstić information content (AvgIpc) is 2.60. The largest absolute Gasteiger partial charge is 0.266 e. The summed E-state index contributed by atoms with van der Waals surface area (Å²) in [6, 6.07) is 0. The van der Waals surface area contributed by atoms with E-state index in [4.69, 9.17) is 0 Å². The molecule has 2 fully saturated rings. The highest BCUT2D eigenvalue weighted by molar-refractivity contribution is 4.95. The van der Waals surface area contributed by atoms with E-state index in [1.165, 1.54) is 51.4 Å². The van der Waals surface area contributed by atoms with Gasteiger partial charge in [0.2, 0.25) is 0 Å². The van der Waals surface area contributed by atoms with E-state index >= 15 is 0 Å². The number of hydrogen-bond acceptors (Lipinski definition) is 0. The fraction of sp³-hybridized carbons (Fsp3) is 0.727. The Kier molecular flexibility index (Phi) is 8.77. The topological polar surface area (TPSA) is 0 Å². The molecular weight excluding hydrogens is 302 g/mol. The number of unbranched alkanes of at least 4 members (excludes halogenated alkanes) is 1. The molecule has 2 heteroatoms. The van der Waals surface area contributed by atoms with Crippen LogP contribution in [0.2, 0.25) is 0 Å².